The van der Waals surface area contributed by atoms with Gasteiger partial charge in [0.25, 0.3) is 5.56 Å². The number of rotatable bonds is 10. The lowest BCUT2D eigenvalue weighted by Gasteiger charge is -2.23. The van der Waals surface area contributed by atoms with E-state index in [1.807, 2.05) is 0 Å². The highest BCUT2D eigenvalue weighted by Gasteiger charge is 2.65. The molecule has 10 nitrogen and oxygen atoms in total. The average Bonchev–Trinajstić information content (AvgIpc) is 3.56. The minimum atomic E-state index is -2.06. The van der Waals surface area contributed by atoms with Crippen LogP contribution >= 0.6 is 0 Å². The van der Waals surface area contributed by atoms with E-state index in [-0.39, 0.29) is 18.2 Å². The number of hydrogen-bond acceptors (Lipinski definition) is 6. The topological polar surface area (TPSA) is 144 Å². The first kappa shape index (κ1) is 27.4. The van der Waals surface area contributed by atoms with Crippen molar-refractivity contribution in [3.8, 4) is 5.75 Å². The van der Waals surface area contributed by atoms with Gasteiger partial charge in [-0.05, 0) is 25.0 Å². The molecule has 3 rings (SSSR count). The summed E-state index contributed by atoms with van der Waals surface area (Å²) in [5.74, 6) is -14.4. The highest BCUT2D eigenvalue weighted by atomic mass is 19.2. The number of Topliss-reactive ketones (excluding diaryl/α,β-unsaturated/α-hetero) is 1. The fourth-order valence-electron chi connectivity index (χ4n) is 3.87. The Morgan fingerprint density at radius 2 is 1.81 bits per heavy atom. The maximum absolute atomic E-state index is 13.9. The number of carbonyl (C=O) groups excluding carboxylic acids is 3. The van der Waals surface area contributed by atoms with Crippen molar-refractivity contribution in [2.75, 3.05) is 11.9 Å². The molecule has 1 aliphatic carbocycles. The van der Waals surface area contributed by atoms with Gasteiger partial charge in [0.15, 0.2) is 23.2 Å². The molecule has 1 saturated carbocycles. The zero-order valence-corrected chi connectivity index (χ0v) is 19.4. The van der Waals surface area contributed by atoms with E-state index in [0.717, 1.165) is 4.57 Å². The van der Waals surface area contributed by atoms with Gasteiger partial charge in [-0.1, -0.05) is 6.92 Å². The van der Waals surface area contributed by atoms with Crippen LogP contribution in [-0.2, 0) is 19.2 Å². The molecular formula is C23H21F4N3O7. The van der Waals surface area contributed by atoms with E-state index in [9.17, 15) is 46.6 Å². The van der Waals surface area contributed by atoms with Gasteiger partial charge in [0.05, 0.1) is 5.92 Å². The third kappa shape index (κ3) is 5.32. The van der Waals surface area contributed by atoms with E-state index in [0.29, 0.717) is 0 Å². The molecule has 0 spiro atoms. The number of carbonyl (C=O) groups is 4. The second-order valence-corrected chi connectivity index (χ2v) is 8.30. The first-order valence-corrected chi connectivity index (χ1v) is 10.9. The third-order valence-corrected chi connectivity index (χ3v) is 5.83. The summed E-state index contributed by atoms with van der Waals surface area (Å²) in [7, 11) is 0. The summed E-state index contributed by atoms with van der Waals surface area (Å²) < 4.78 is 60.2. The van der Waals surface area contributed by atoms with Crippen molar-refractivity contribution in [2.45, 2.75) is 38.3 Å². The van der Waals surface area contributed by atoms with Gasteiger partial charge >= 0.3 is 5.97 Å². The van der Waals surface area contributed by atoms with Crippen LogP contribution in [0.1, 0.15) is 32.7 Å². The molecule has 3 atom stereocenters. The van der Waals surface area contributed by atoms with E-state index in [4.69, 9.17) is 0 Å². The largest absolute Gasteiger partial charge is 0.481 e. The van der Waals surface area contributed by atoms with Crippen molar-refractivity contribution in [3.05, 3.63) is 58.0 Å². The number of aliphatic carboxylic acids is 1. The fourth-order valence-corrected chi connectivity index (χ4v) is 3.87. The van der Waals surface area contributed by atoms with E-state index in [1.165, 1.54) is 32.2 Å². The van der Waals surface area contributed by atoms with E-state index >= 15 is 0 Å². The van der Waals surface area contributed by atoms with Crippen molar-refractivity contribution in [2.24, 2.45) is 5.92 Å². The van der Waals surface area contributed by atoms with Crippen LogP contribution in [0.25, 0.3) is 0 Å². The number of halogens is 4. The number of ether oxygens (including phenoxy) is 1. The molecule has 2 amide bonds. The number of benzene rings is 1. The van der Waals surface area contributed by atoms with Crippen LogP contribution in [0.2, 0.25) is 0 Å². The number of carboxylic acid groups (broad SMARTS) is 1. The number of nitrogens with zero attached hydrogens (tertiary/aromatic N) is 1. The second-order valence-electron chi connectivity index (χ2n) is 8.30. The maximum Gasteiger partial charge on any atom is 0.309 e. The minimum absolute atomic E-state index is 0.00671. The number of hydrogen-bond donors (Lipinski definition) is 3. The summed E-state index contributed by atoms with van der Waals surface area (Å²) in [5, 5.41) is 14.0. The number of nitrogens with one attached hydrogen (secondary N) is 2. The van der Waals surface area contributed by atoms with Gasteiger partial charge in [-0.15, -0.1) is 0 Å². The van der Waals surface area contributed by atoms with Crippen molar-refractivity contribution >= 4 is 29.3 Å². The standard InChI is InChI=1S/C23H21F4N3O7/c1-3-15(30-6-4-5-14(21(30)34)28-10(2)31)20(33)29-23(8-11(23)22(35)36)16(32)9-37-19-17(26)12(24)7-13(25)18(19)27/h4-7,11,15H,3,8-9H2,1-2H3,(H,28,31)(H,29,33)(H,35,36)/t11?,15-,23?/m0/s1. The fraction of sp³-hybridized carbons (Fsp3) is 0.348. The van der Waals surface area contributed by atoms with Crippen LogP contribution in [-0.4, -0.2) is 45.4 Å². The molecule has 198 valence electrons. The summed E-state index contributed by atoms with van der Waals surface area (Å²) in [6, 6.07) is 1.39. The minimum Gasteiger partial charge on any atom is -0.481 e. The predicted octanol–water partition coefficient (Wildman–Crippen LogP) is 1.92. The summed E-state index contributed by atoms with van der Waals surface area (Å²) >= 11 is 0. The summed E-state index contributed by atoms with van der Waals surface area (Å²) in [6.07, 6.45) is 0.855. The summed E-state index contributed by atoms with van der Waals surface area (Å²) in [6.45, 7) is 1.48. The quantitative estimate of drug-likeness (QED) is 0.316. The SMILES string of the molecule is CC[C@@H](C(=O)NC1(C(=O)COc2c(F)c(F)cc(F)c2F)CC1C(=O)O)n1cccc(NC(C)=O)c1=O. The molecule has 0 radical (unpaired) electrons. The molecule has 1 aliphatic rings. The summed E-state index contributed by atoms with van der Waals surface area (Å²) in [4.78, 5) is 61.6. The molecule has 0 aliphatic heterocycles. The number of aromatic nitrogens is 1. The first-order chi connectivity index (χ1) is 17.3. The Hall–Kier alpha value is -4.23. The van der Waals surface area contributed by atoms with E-state index in [1.54, 1.807) is 0 Å². The molecule has 14 heteroatoms. The Morgan fingerprint density at radius 3 is 2.32 bits per heavy atom. The van der Waals surface area contributed by atoms with Gasteiger partial charge in [0, 0.05) is 19.2 Å². The average molecular weight is 527 g/mol. The van der Waals surface area contributed by atoms with Gasteiger partial charge in [-0.2, -0.15) is 8.78 Å². The predicted molar refractivity (Wildman–Crippen MR) is 118 cm³/mol. The molecule has 1 fully saturated rings. The van der Waals surface area contributed by atoms with Crippen molar-refractivity contribution in [1.82, 2.24) is 9.88 Å². The maximum atomic E-state index is 13.9. The van der Waals surface area contributed by atoms with Crippen LogP contribution in [0.5, 0.6) is 5.75 Å². The lowest BCUT2D eigenvalue weighted by Crippen LogP contribution is -2.51. The molecule has 0 bridgehead atoms. The van der Waals surface area contributed by atoms with Crippen LogP contribution < -0.4 is 20.9 Å². The van der Waals surface area contributed by atoms with E-state index in [2.05, 4.69) is 15.4 Å². The normalized spacial score (nSPS) is 19.0. The van der Waals surface area contributed by atoms with Gasteiger partial charge < -0.3 is 25.0 Å². The van der Waals surface area contributed by atoms with E-state index < -0.39 is 88.7 Å². The Balaban J connectivity index is 1.86. The van der Waals surface area contributed by atoms with Crippen molar-refractivity contribution in [3.63, 3.8) is 0 Å². The molecule has 1 heterocycles. The molecular weight excluding hydrogens is 506 g/mol. The monoisotopic (exact) mass is 527 g/mol. The zero-order valence-electron chi connectivity index (χ0n) is 19.4. The lowest BCUT2D eigenvalue weighted by atomic mass is 10.1. The van der Waals surface area contributed by atoms with Gasteiger partial charge in [-0.3, -0.25) is 24.0 Å². The highest BCUT2D eigenvalue weighted by Crippen LogP contribution is 2.45. The Kier molecular flexibility index (Phi) is 7.69. The Labute approximate surface area is 206 Å². The van der Waals surface area contributed by atoms with Gasteiger partial charge in [0.1, 0.15) is 23.9 Å². The van der Waals surface area contributed by atoms with Crippen LogP contribution in [0.15, 0.2) is 29.2 Å². The zero-order chi connectivity index (χ0) is 27.7. The first-order valence-electron chi connectivity index (χ1n) is 10.9. The Morgan fingerprint density at radius 1 is 1.19 bits per heavy atom. The number of carboxylic acids is 1. The molecule has 2 aromatic rings. The third-order valence-electron chi connectivity index (χ3n) is 5.83. The number of ketones is 1. The molecule has 3 N–H and O–H groups in total. The number of pyridine rings is 1. The van der Waals surface area contributed by atoms with Crippen molar-refractivity contribution in [1.29, 1.82) is 0 Å². The van der Waals surface area contributed by atoms with Gasteiger partial charge in [-0.25, -0.2) is 8.78 Å². The van der Waals surface area contributed by atoms with Crippen LogP contribution in [0.3, 0.4) is 0 Å². The smallest absolute Gasteiger partial charge is 0.309 e. The van der Waals surface area contributed by atoms with Crippen LogP contribution in [0, 0.1) is 29.2 Å². The molecule has 1 aromatic heterocycles. The molecule has 1 aromatic carbocycles. The molecule has 37 heavy (non-hydrogen) atoms. The van der Waals surface area contributed by atoms with Gasteiger partial charge in [0.2, 0.25) is 23.4 Å². The second kappa shape index (κ2) is 10.4. The molecule has 0 saturated heterocycles. The van der Waals surface area contributed by atoms with Crippen LogP contribution in [0.4, 0.5) is 23.2 Å². The summed E-state index contributed by atoms with van der Waals surface area (Å²) in [5.41, 5.74) is -2.93. The molecule has 2 unspecified atom stereocenters. The number of amides is 2. The van der Waals surface area contributed by atoms with Crippen molar-refractivity contribution < 1.29 is 46.6 Å². The lowest BCUT2D eigenvalue weighted by molar-refractivity contribution is -0.141. The Bertz CT molecular complexity index is 1320. The highest BCUT2D eigenvalue weighted by molar-refractivity contribution is 6.03. The number of anilines is 1.